The van der Waals surface area contributed by atoms with Crippen LogP contribution in [0.5, 0.6) is 0 Å². The zero-order valence-electron chi connectivity index (χ0n) is 12.0. The number of benzene rings is 2. The summed E-state index contributed by atoms with van der Waals surface area (Å²) >= 11 is 7.23. The number of aromatic nitrogens is 2. The molecule has 0 spiro atoms. The Bertz CT molecular complexity index is 901. The van der Waals surface area contributed by atoms with Gasteiger partial charge in [-0.1, -0.05) is 31.2 Å². The third-order valence-electron chi connectivity index (χ3n) is 4.33. The molecular formula is C18H14Br2N2. The van der Waals surface area contributed by atoms with Crippen LogP contribution < -0.4 is 0 Å². The van der Waals surface area contributed by atoms with Gasteiger partial charge < -0.3 is 9.97 Å². The van der Waals surface area contributed by atoms with Crippen molar-refractivity contribution in [3.05, 3.63) is 68.9 Å². The second-order valence-corrected chi connectivity index (χ2v) is 7.24. The van der Waals surface area contributed by atoms with Crippen LogP contribution in [0.3, 0.4) is 0 Å². The van der Waals surface area contributed by atoms with Gasteiger partial charge in [0, 0.05) is 38.0 Å². The fourth-order valence-electron chi connectivity index (χ4n) is 3.16. The first kappa shape index (κ1) is 14.1. The van der Waals surface area contributed by atoms with E-state index in [9.17, 15) is 0 Å². The maximum absolute atomic E-state index is 3.61. The van der Waals surface area contributed by atoms with Gasteiger partial charge in [-0.05, 0) is 55.1 Å². The van der Waals surface area contributed by atoms with Crippen LogP contribution in [0.15, 0.2) is 57.7 Å². The molecule has 4 heteroatoms. The molecule has 0 amide bonds. The Morgan fingerprint density at radius 2 is 1.23 bits per heavy atom. The normalized spacial score (nSPS) is 11.8. The van der Waals surface area contributed by atoms with Gasteiger partial charge in [-0.2, -0.15) is 0 Å². The first-order valence-electron chi connectivity index (χ1n) is 7.18. The molecule has 0 unspecified atom stereocenters. The van der Waals surface area contributed by atoms with Crippen molar-refractivity contribution >= 4 is 53.7 Å². The lowest BCUT2D eigenvalue weighted by Crippen LogP contribution is -1.93. The standard InChI is InChI=1S/C18H14Br2N2/c1-10(13-8-21-17-11(13)4-2-6-15(17)19)14-9-22-18-12(14)5-3-7-16(18)20/h2-10,21-22H,1H3. The Kier molecular flexibility index (Phi) is 3.39. The van der Waals surface area contributed by atoms with Crippen molar-refractivity contribution < 1.29 is 0 Å². The summed E-state index contributed by atoms with van der Waals surface area (Å²) in [7, 11) is 0. The monoisotopic (exact) mass is 416 g/mol. The molecule has 0 aliphatic rings. The first-order valence-corrected chi connectivity index (χ1v) is 8.76. The SMILES string of the molecule is CC(c1c[nH]c2c(Br)cccc12)c1c[nH]c2c(Br)cccc12. The molecule has 0 saturated carbocycles. The smallest absolute Gasteiger partial charge is 0.0601 e. The van der Waals surface area contributed by atoms with Crippen molar-refractivity contribution in [2.24, 2.45) is 0 Å². The van der Waals surface area contributed by atoms with Gasteiger partial charge in [-0.3, -0.25) is 0 Å². The predicted molar refractivity (Wildman–Crippen MR) is 99.5 cm³/mol. The molecule has 2 aromatic heterocycles. The van der Waals surface area contributed by atoms with Crippen LogP contribution in [0, 0.1) is 0 Å². The Morgan fingerprint density at radius 3 is 1.68 bits per heavy atom. The zero-order chi connectivity index (χ0) is 15.3. The summed E-state index contributed by atoms with van der Waals surface area (Å²) in [5.41, 5.74) is 4.95. The van der Waals surface area contributed by atoms with E-state index in [1.165, 1.54) is 21.9 Å². The fraction of sp³-hybridized carbons (Fsp3) is 0.111. The average Bonchev–Trinajstić information content (AvgIpc) is 3.12. The van der Waals surface area contributed by atoms with Crippen molar-refractivity contribution in [1.82, 2.24) is 9.97 Å². The molecule has 2 nitrogen and oxygen atoms in total. The summed E-state index contributed by atoms with van der Waals surface area (Å²) in [6.07, 6.45) is 4.24. The van der Waals surface area contributed by atoms with Crippen molar-refractivity contribution in [1.29, 1.82) is 0 Å². The third kappa shape index (κ3) is 2.05. The van der Waals surface area contributed by atoms with Gasteiger partial charge in [0.15, 0.2) is 0 Å². The molecule has 4 rings (SSSR count). The highest BCUT2D eigenvalue weighted by molar-refractivity contribution is 9.11. The molecule has 0 saturated heterocycles. The molecular weight excluding hydrogens is 404 g/mol. The van der Waals surface area contributed by atoms with E-state index in [0.717, 1.165) is 20.0 Å². The van der Waals surface area contributed by atoms with Crippen LogP contribution in [0.2, 0.25) is 0 Å². The van der Waals surface area contributed by atoms with E-state index >= 15 is 0 Å². The van der Waals surface area contributed by atoms with E-state index in [1.54, 1.807) is 0 Å². The number of hydrogen-bond donors (Lipinski definition) is 2. The van der Waals surface area contributed by atoms with Gasteiger partial charge in [-0.25, -0.2) is 0 Å². The Hall–Kier alpha value is -1.52. The minimum Gasteiger partial charge on any atom is -0.360 e. The molecule has 2 N–H and O–H groups in total. The maximum atomic E-state index is 3.61. The molecule has 0 bridgehead atoms. The number of H-pyrrole nitrogens is 2. The lowest BCUT2D eigenvalue weighted by atomic mass is 9.92. The van der Waals surface area contributed by atoms with Gasteiger partial charge >= 0.3 is 0 Å². The number of fused-ring (bicyclic) bond motifs is 2. The van der Waals surface area contributed by atoms with E-state index in [2.05, 4.69) is 97.5 Å². The molecule has 2 aromatic carbocycles. The quantitative estimate of drug-likeness (QED) is 0.382. The highest BCUT2D eigenvalue weighted by Crippen LogP contribution is 2.37. The third-order valence-corrected chi connectivity index (χ3v) is 5.65. The number of halogens is 2. The predicted octanol–water partition coefficient (Wildman–Crippen LogP) is 6.33. The molecule has 4 aromatic rings. The molecule has 0 fully saturated rings. The van der Waals surface area contributed by atoms with Crippen molar-refractivity contribution in [2.45, 2.75) is 12.8 Å². The van der Waals surface area contributed by atoms with Crippen LogP contribution in [0.1, 0.15) is 24.0 Å². The minimum absolute atomic E-state index is 0.311. The second kappa shape index (κ2) is 5.28. The molecule has 0 atom stereocenters. The van der Waals surface area contributed by atoms with Crippen LogP contribution in [-0.2, 0) is 0 Å². The lowest BCUT2D eigenvalue weighted by molar-refractivity contribution is 0.942. The van der Waals surface area contributed by atoms with Crippen LogP contribution in [0.25, 0.3) is 21.8 Å². The lowest BCUT2D eigenvalue weighted by Gasteiger charge is -2.10. The summed E-state index contributed by atoms with van der Waals surface area (Å²) in [6, 6.07) is 12.6. The average molecular weight is 418 g/mol. The number of hydrogen-bond acceptors (Lipinski definition) is 0. The number of para-hydroxylation sites is 2. The largest absolute Gasteiger partial charge is 0.360 e. The van der Waals surface area contributed by atoms with E-state index in [1.807, 2.05) is 0 Å². The van der Waals surface area contributed by atoms with Gasteiger partial charge in [0.2, 0.25) is 0 Å². The summed E-state index contributed by atoms with van der Waals surface area (Å²) in [4.78, 5) is 6.78. The van der Waals surface area contributed by atoms with E-state index < -0.39 is 0 Å². The molecule has 2 heterocycles. The maximum Gasteiger partial charge on any atom is 0.0601 e. The van der Waals surface area contributed by atoms with E-state index in [0.29, 0.717) is 5.92 Å². The zero-order valence-corrected chi connectivity index (χ0v) is 15.1. The fourth-order valence-corrected chi connectivity index (χ4v) is 4.12. The Labute approximate surface area is 145 Å². The van der Waals surface area contributed by atoms with Gasteiger partial charge in [0.05, 0.1) is 11.0 Å². The van der Waals surface area contributed by atoms with Crippen LogP contribution in [0.4, 0.5) is 0 Å². The Morgan fingerprint density at radius 1 is 0.773 bits per heavy atom. The van der Waals surface area contributed by atoms with Crippen molar-refractivity contribution in [3.8, 4) is 0 Å². The Balaban J connectivity index is 1.91. The van der Waals surface area contributed by atoms with Gasteiger partial charge in [-0.15, -0.1) is 0 Å². The van der Waals surface area contributed by atoms with Crippen molar-refractivity contribution in [3.63, 3.8) is 0 Å². The summed E-state index contributed by atoms with van der Waals surface area (Å²) in [5.74, 6) is 0.311. The van der Waals surface area contributed by atoms with Crippen molar-refractivity contribution in [2.75, 3.05) is 0 Å². The van der Waals surface area contributed by atoms with E-state index in [4.69, 9.17) is 0 Å². The molecule has 0 radical (unpaired) electrons. The number of aromatic amines is 2. The minimum atomic E-state index is 0.311. The summed E-state index contributed by atoms with van der Waals surface area (Å²) < 4.78 is 2.20. The summed E-state index contributed by atoms with van der Waals surface area (Å²) in [5, 5.41) is 2.54. The van der Waals surface area contributed by atoms with Gasteiger partial charge in [0.1, 0.15) is 0 Å². The number of nitrogens with one attached hydrogen (secondary N) is 2. The van der Waals surface area contributed by atoms with E-state index in [-0.39, 0.29) is 0 Å². The summed E-state index contributed by atoms with van der Waals surface area (Å²) in [6.45, 7) is 2.26. The molecule has 22 heavy (non-hydrogen) atoms. The van der Waals surface area contributed by atoms with Crippen LogP contribution in [-0.4, -0.2) is 9.97 Å². The highest BCUT2D eigenvalue weighted by Gasteiger charge is 2.18. The highest BCUT2D eigenvalue weighted by atomic mass is 79.9. The molecule has 110 valence electrons. The second-order valence-electron chi connectivity index (χ2n) is 5.53. The molecule has 0 aliphatic heterocycles. The molecule has 0 aliphatic carbocycles. The van der Waals surface area contributed by atoms with Gasteiger partial charge in [0.25, 0.3) is 0 Å². The first-order chi connectivity index (χ1) is 10.7. The topological polar surface area (TPSA) is 31.6 Å². The van der Waals surface area contributed by atoms with Crippen LogP contribution >= 0.6 is 31.9 Å². The number of rotatable bonds is 2.